The Morgan fingerprint density at radius 1 is 1.17 bits per heavy atom. The van der Waals surface area contributed by atoms with Gasteiger partial charge in [0.15, 0.2) is 11.5 Å². The molecule has 3 amide bonds. The van der Waals surface area contributed by atoms with Gasteiger partial charge >= 0.3 is 6.03 Å². The van der Waals surface area contributed by atoms with Crippen molar-refractivity contribution in [3.05, 3.63) is 57.7 Å². The molecule has 1 fully saturated rings. The zero-order valence-corrected chi connectivity index (χ0v) is 18.4. The molecule has 158 valence electrons. The van der Waals surface area contributed by atoms with Crippen LogP contribution in [-0.4, -0.2) is 24.6 Å². The SMILES string of the molecule is CCOc1cc(/C=C2/NC(=O)N(c3cccc(Cl)c3)C2=O)cc(Cl)c1O[C@@H](C)CC. The molecule has 1 saturated heterocycles. The summed E-state index contributed by atoms with van der Waals surface area (Å²) in [7, 11) is 0. The lowest BCUT2D eigenvalue weighted by Crippen LogP contribution is -2.30. The Labute approximate surface area is 185 Å². The van der Waals surface area contributed by atoms with Crippen LogP contribution in [0, 0.1) is 0 Å². The number of amides is 3. The second-order valence-corrected chi connectivity index (χ2v) is 7.55. The molecule has 0 aliphatic carbocycles. The molecule has 0 bridgehead atoms. The number of nitrogens with zero attached hydrogens (tertiary/aromatic N) is 1. The van der Waals surface area contributed by atoms with Crippen LogP contribution in [0.1, 0.15) is 32.8 Å². The fraction of sp³-hybridized carbons (Fsp3) is 0.273. The number of benzene rings is 2. The topological polar surface area (TPSA) is 67.9 Å². The third kappa shape index (κ3) is 4.71. The summed E-state index contributed by atoms with van der Waals surface area (Å²) < 4.78 is 11.6. The predicted octanol–water partition coefficient (Wildman–Crippen LogP) is 5.67. The van der Waals surface area contributed by atoms with Crippen molar-refractivity contribution in [2.24, 2.45) is 0 Å². The molecule has 0 spiro atoms. The Morgan fingerprint density at radius 3 is 2.60 bits per heavy atom. The highest BCUT2D eigenvalue weighted by atomic mass is 35.5. The van der Waals surface area contributed by atoms with Crippen LogP contribution in [0.5, 0.6) is 11.5 Å². The first-order valence-electron chi connectivity index (χ1n) is 9.59. The minimum absolute atomic E-state index is 0.0344. The van der Waals surface area contributed by atoms with Crippen LogP contribution >= 0.6 is 23.2 Å². The van der Waals surface area contributed by atoms with E-state index in [1.807, 2.05) is 20.8 Å². The molecule has 2 aromatic carbocycles. The van der Waals surface area contributed by atoms with Crippen LogP contribution in [0.4, 0.5) is 10.5 Å². The largest absolute Gasteiger partial charge is 0.490 e. The number of nitrogens with one attached hydrogen (secondary N) is 1. The monoisotopic (exact) mass is 448 g/mol. The zero-order chi connectivity index (χ0) is 21.8. The molecule has 0 radical (unpaired) electrons. The average Bonchev–Trinajstić information content (AvgIpc) is 2.97. The highest BCUT2D eigenvalue weighted by Crippen LogP contribution is 2.38. The van der Waals surface area contributed by atoms with E-state index in [4.69, 9.17) is 32.7 Å². The van der Waals surface area contributed by atoms with Gasteiger partial charge in [-0.2, -0.15) is 0 Å². The lowest BCUT2D eigenvalue weighted by molar-refractivity contribution is -0.113. The van der Waals surface area contributed by atoms with Crippen molar-refractivity contribution in [3.63, 3.8) is 0 Å². The first kappa shape index (κ1) is 22.0. The maximum Gasteiger partial charge on any atom is 0.333 e. The van der Waals surface area contributed by atoms with E-state index in [1.165, 1.54) is 0 Å². The third-order valence-electron chi connectivity index (χ3n) is 4.48. The second kappa shape index (κ2) is 9.41. The molecule has 0 saturated carbocycles. The van der Waals surface area contributed by atoms with Gasteiger partial charge in [0.1, 0.15) is 5.70 Å². The van der Waals surface area contributed by atoms with E-state index >= 15 is 0 Å². The first-order chi connectivity index (χ1) is 14.3. The Bertz CT molecular complexity index is 1010. The van der Waals surface area contributed by atoms with Gasteiger partial charge in [0.25, 0.3) is 5.91 Å². The summed E-state index contributed by atoms with van der Waals surface area (Å²) in [6, 6.07) is 9.36. The molecule has 1 aliphatic rings. The lowest BCUT2D eigenvalue weighted by atomic mass is 10.1. The number of rotatable bonds is 7. The smallest absolute Gasteiger partial charge is 0.333 e. The highest BCUT2D eigenvalue weighted by Gasteiger charge is 2.35. The number of halogens is 2. The van der Waals surface area contributed by atoms with Crippen molar-refractivity contribution >= 4 is 46.9 Å². The van der Waals surface area contributed by atoms with Gasteiger partial charge in [-0.15, -0.1) is 0 Å². The summed E-state index contributed by atoms with van der Waals surface area (Å²) in [5, 5.41) is 3.37. The van der Waals surface area contributed by atoms with Crippen molar-refractivity contribution in [2.75, 3.05) is 11.5 Å². The van der Waals surface area contributed by atoms with Crippen LogP contribution in [0.15, 0.2) is 42.1 Å². The zero-order valence-electron chi connectivity index (χ0n) is 16.9. The quantitative estimate of drug-likeness (QED) is 0.437. The fourth-order valence-corrected chi connectivity index (χ4v) is 3.33. The van der Waals surface area contributed by atoms with E-state index in [-0.39, 0.29) is 11.8 Å². The average molecular weight is 449 g/mol. The molecule has 6 nitrogen and oxygen atoms in total. The van der Waals surface area contributed by atoms with Crippen LogP contribution in [0.2, 0.25) is 10.0 Å². The molecule has 1 heterocycles. The fourth-order valence-electron chi connectivity index (χ4n) is 2.88. The van der Waals surface area contributed by atoms with Gasteiger partial charge in [-0.25, -0.2) is 9.69 Å². The summed E-state index contributed by atoms with van der Waals surface area (Å²) in [5.74, 6) is 0.439. The van der Waals surface area contributed by atoms with Crippen LogP contribution in [0.3, 0.4) is 0 Å². The number of ether oxygens (including phenoxy) is 2. The third-order valence-corrected chi connectivity index (χ3v) is 5.00. The molecule has 0 aromatic heterocycles. The molecule has 2 aromatic rings. The number of anilines is 1. The second-order valence-electron chi connectivity index (χ2n) is 6.71. The highest BCUT2D eigenvalue weighted by molar-refractivity contribution is 6.33. The van der Waals surface area contributed by atoms with Crippen molar-refractivity contribution in [3.8, 4) is 11.5 Å². The minimum atomic E-state index is -0.554. The standard InChI is InChI=1S/C22H22Cl2N2O4/c1-4-13(3)30-20-17(24)9-14(11-19(20)29-5-2)10-18-21(27)26(22(28)25-18)16-8-6-7-15(23)12-16/h6-13H,4-5H2,1-3H3,(H,25,28)/b18-10+/t13-/m0/s1. The molecule has 1 aliphatic heterocycles. The molecule has 1 atom stereocenters. The minimum Gasteiger partial charge on any atom is -0.490 e. The number of imide groups is 1. The van der Waals surface area contributed by atoms with E-state index in [2.05, 4.69) is 5.32 Å². The number of carbonyl (C=O) groups excluding carboxylic acids is 2. The lowest BCUT2D eigenvalue weighted by Gasteiger charge is -2.18. The Morgan fingerprint density at radius 2 is 1.93 bits per heavy atom. The van der Waals surface area contributed by atoms with Crippen LogP contribution in [-0.2, 0) is 4.79 Å². The van der Waals surface area contributed by atoms with Gasteiger partial charge in [0, 0.05) is 5.02 Å². The van der Waals surface area contributed by atoms with E-state index in [1.54, 1.807) is 42.5 Å². The summed E-state index contributed by atoms with van der Waals surface area (Å²) in [6.45, 7) is 6.23. The van der Waals surface area contributed by atoms with Crippen LogP contribution in [0.25, 0.3) is 6.08 Å². The van der Waals surface area contributed by atoms with Crippen molar-refractivity contribution in [2.45, 2.75) is 33.3 Å². The van der Waals surface area contributed by atoms with Gasteiger partial charge in [0.2, 0.25) is 0 Å². The Hall–Kier alpha value is -2.70. The number of urea groups is 1. The Balaban J connectivity index is 1.94. The summed E-state index contributed by atoms with van der Waals surface area (Å²) in [4.78, 5) is 26.2. The van der Waals surface area contributed by atoms with E-state index in [0.717, 1.165) is 11.3 Å². The molecular formula is C22H22Cl2N2O4. The molecule has 30 heavy (non-hydrogen) atoms. The van der Waals surface area contributed by atoms with Gasteiger partial charge < -0.3 is 14.8 Å². The first-order valence-corrected chi connectivity index (χ1v) is 10.3. The van der Waals surface area contributed by atoms with E-state index in [9.17, 15) is 9.59 Å². The number of hydrogen-bond acceptors (Lipinski definition) is 4. The van der Waals surface area contributed by atoms with E-state index < -0.39 is 11.9 Å². The predicted molar refractivity (Wildman–Crippen MR) is 118 cm³/mol. The van der Waals surface area contributed by atoms with Crippen molar-refractivity contribution < 1.29 is 19.1 Å². The van der Waals surface area contributed by atoms with Crippen molar-refractivity contribution in [1.29, 1.82) is 0 Å². The molecule has 0 unspecified atom stereocenters. The van der Waals surface area contributed by atoms with E-state index in [0.29, 0.717) is 39.4 Å². The summed E-state index contributed by atoms with van der Waals surface area (Å²) in [5.41, 5.74) is 1.10. The maximum atomic E-state index is 12.8. The van der Waals surface area contributed by atoms with Gasteiger partial charge in [-0.05, 0) is 62.2 Å². The normalized spacial score (nSPS) is 16.0. The molecule has 1 N–H and O–H groups in total. The number of hydrogen-bond donors (Lipinski definition) is 1. The maximum absolute atomic E-state index is 12.8. The van der Waals surface area contributed by atoms with Crippen LogP contribution < -0.4 is 19.7 Å². The Kier molecular flexibility index (Phi) is 6.90. The summed E-state index contributed by atoms with van der Waals surface area (Å²) in [6.07, 6.45) is 2.33. The van der Waals surface area contributed by atoms with Gasteiger partial charge in [-0.1, -0.05) is 36.2 Å². The molecule has 3 rings (SSSR count). The van der Waals surface area contributed by atoms with Gasteiger partial charge in [-0.3, -0.25) is 4.79 Å². The molecule has 8 heteroatoms. The van der Waals surface area contributed by atoms with Gasteiger partial charge in [0.05, 0.1) is 23.4 Å². The number of carbonyl (C=O) groups is 2. The summed E-state index contributed by atoms with van der Waals surface area (Å²) >= 11 is 12.4. The van der Waals surface area contributed by atoms with Crippen molar-refractivity contribution in [1.82, 2.24) is 5.32 Å². The molecular weight excluding hydrogens is 427 g/mol.